The number of aliphatic hydroxyl groups is 1. The predicted octanol–water partition coefficient (Wildman–Crippen LogP) is 1.92. The van der Waals surface area contributed by atoms with Gasteiger partial charge in [0.25, 0.3) is 0 Å². The van der Waals surface area contributed by atoms with Crippen LogP contribution in [-0.2, 0) is 6.61 Å². The summed E-state index contributed by atoms with van der Waals surface area (Å²) in [6, 6.07) is 6.04. The van der Waals surface area contributed by atoms with Gasteiger partial charge in [0.1, 0.15) is 0 Å². The third-order valence-electron chi connectivity index (χ3n) is 1.80. The summed E-state index contributed by atoms with van der Waals surface area (Å²) in [6.07, 6.45) is 0. The Bertz CT molecular complexity index is 258. The number of aryl methyl sites for hydroxylation is 1. The number of aliphatic hydroxyl groups excluding tert-OH is 1. The smallest absolute Gasteiger partial charge is 0.0702 e. The van der Waals surface area contributed by atoms with Gasteiger partial charge in [0.05, 0.1) is 6.61 Å². The molecular formula is C10H15NO. The molecule has 0 aliphatic rings. The summed E-state index contributed by atoms with van der Waals surface area (Å²) in [5, 5.41) is 12.2. The molecule has 1 rings (SSSR count). The Balaban J connectivity index is 2.94. The van der Waals surface area contributed by atoms with E-state index in [1.807, 2.05) is 32.0 Å². The fourth-order valence-corrected chi connectivity index (χ4v) is 1.22. The normalized spacial score (nSPS) is 9.92. The van der Waals surface area contributed by atoms with E-state index in [0.29, 0.717) is 0 Å². The first-order chi connectivity index (χ1) is 5.77. The lowest BCUT2D eigenvalue weighted by Crippen LogP contribution is -2.00. The quantitative estimate of drug-likeness (QED) is 0.717. The first kappa shape index (κ1) is 9.07. The molecule has 2 heteroatoms. The van der Waals surface area contributed by atoms with Gasteiger partial charge in [0.2, 0.25) is 0 Å². The Morgan fingerprint density at radius 1 is 1.42 bits per heavy atom. The van der Waals surface area contributed by atoms with E-state index in [1.165, 1.54) is 5.56 Å². The van der Waals surface area contributed by atoms with Gasteiger partial charge < -0.3 is 10.4 Å². The topological polar surface area (TPSA) is 32.3 Å². The maximum atomic E-state index is 9.03. The van der Waals surface area contributed by atoms with Crippen LogP contribution in [0, 0.1) is 6.92 Å². The second-order valence-electron chi connectivity index (χ2n) is 2.85. The van der Waals surface area contributed by atoms with Crippen LogP contribution in [0.5, 0.6) is 0 Å². The molecule has 0 amide bonds. The van der Waals surface area contributed by atoms with Gasteiger partial charge in [-0.3, -0.25) is 0 Å². The van der Waals surface area contributed by atoms with Crippen molar-refractivity contribution in [2.75, 3.05) is 11.9 Å². The van der Waals surface area contributed by atoms with Crippen molar-refractivity contribution in [3.8, 4) is 0 Å². The van der Waals surface area contributed by atoms with Gasteiger partial charge in [-0.25, -0.2) is 0 Å². The Labute approximate surface area is 73.2 Å². The Morgan fingerprint density at radius 2 is 2.17 bits per heavy atom. The molecule has 0 bridgehead atoms. The molecule has 0 aliphatic carbocycles. The van der Waals surface area contributed by atoms with Gasteiger partial charge in [0.15, 0.2) is 0 Å². The average Bonchev–Trinajstić information content (AvgIpc) is 2.08. The molecule has 0 saturated heterocycles. The molecule has 0 atom stereocenters. The maximum absolute atomic E-state index is 9.03. The number of anilines is 1. The summed E-state index contributed by atoms with van der Waals surface area (Å²) in [5.41, 5.74) is 3.18. The van der Waals surface area contributed by atoms with Gasteiger partial charge >= 0.3 is 0 Å². The fraction of sp³-hybridized carbons (Fsp3) is 0.400. The van der Waals surface area contributed by atoms with Crippen LogP contribution in [0.4, 0.5) is 5.69 Å². The van der Waals surface area contributed by atoms with E-state index in [-0.39, 0.29) is 6.61 Å². The molecule has 1 aromatic carbocycles. The van der Waals surface area contributed by atoms with Gasteiger partial charge in [0, 0.05) is 17.8 Å². The number of hydrogen-bond donors (Lipinski definition) is 2. The Kier molecular flexibility index (Phi) is 3.11. The molecule has 0 heterocycles. The van der Waals surface area contributed by atoms with Crippen LogP contribution in [0.25, 0.3) is 0 Å². The highest BCUT2D eigenvalue weighted by molar-refractivity contribution is 5.52. The van der Waals surface area contributed by atoms with Crippen molar-refractivity contribution in [1.82, 2.24) is 0 Å². The number of nitrogens with one attached hydrogen (secondary N) is 1. The molecule has 12 heavy (non-hydrogen) atoms. The van der Waals surface area contributed by atoms with Crippen LogP contribution in [0.2, 0.25) is 0 Å². The molecule has 0 fully saturated rings. The minimum atomic E-state index is 0.101. The van der Waals surface area contributed by atoms with Crippen molar-refractivity contribution in [2.45, 2.75) is 20.5 Å². The SMILES string of the molecule is CCNc1ccc(C)cc1CO. The highest BCUT2D eigenvalue weighted by atomic mass is 16.3. The molecule has 2 nitrogen and oxygen atoms in total. The predicted molar refractivity (Wildman–Crippen MR) is 51.3 cm³/mol. The molecular weight excluding hydrogens is 150 g/mol. The zero-order chi connectivity index (χ0) is 8.97. The third-order valence-corrected chi connectivity index (χ3v) is 1.80. The average molecular weight is 165 g/mol. The van der Waals surface area contributed by atoms with Crippen molar-refractivity contribution < 1.29 is 5.11 Å². The highest BCUT2D eigenvalue weighted by Gasteiger charge is 1.98. The number of hydrogen-bond acceptors (Lipinski definition) is 2. The van der Waals surface area contributed by atoms with Crippen molar-refractivity contribution in [3.63, 3.8) is 0 Å². The van der Waals surface area contributed by atoms with E-state index in [9.17, 15) is 0 Å². The molecule has 0 aromatic heterocycles. The molecule has 66 valence electrons. The molecule has 0 spiro atoms. The Morgan fingerprint density at radius 3 is 2.75 bits per heavy atom. The van der Waals surface area contributed by atoms with Crippen LogP contribution in [0.3, 0.4) is 0 Å². The van der Waals surface area contributed by atoms with Gasteiger partial charge in [-0.2, -0.15) is 0 Å². The first-order valence-corrected chi connectivity index (χ1v) is 4.22. The van der Waals surface area contributed by atoms with E-state index in [1.54, 1.807) is 0 Å². The van der Waals surface area contributed by atoms with E-state index >= 15 is 0 Å². The number of benzene rings is 1. The van der Waals surface area contributed by atoms with Crippen LogP contribution < -0.4 is 5.32 Å². The van der Waals surface area contributed by atoms with Gasteiger partial charge in [-0.15, -0.1) is 0 Å². The van der Waals surface area contributed by atoms with Crippen LogP contribution in [-0.4, -0.2) is 11.7 Å². The lowest BCUT2D eigenvalue weighted by atomic mass is 10.1. The van der Waals surface area contributed by atoms with Crippen LogP contribution >= 0.6 is 0 Å². The molecule has 0 aliphatic heterocycles. The third kappa shape index (κ3) is 1.98. The van der Waals surface area contributed by atoms with E-state index in [4.69, 9.17) is 5.11 Å². The monoisotopic (exact) mass is 165 g/mol. The van der Waals surface area contributed by atoms with Crippen LogP contribution in [0.15, 0.2) is 18.2 Å². The molecule has 1 aromatic rings. The summed E-state index contributed by atoms with van der Waals surface area (Å²) >= 11 is 0. The minimum absolute atomic E-state index is 0.101. The second kappa shape index (κ2) is 4.12. The molecule has 0 saturated carbocycles. The van der Waals surface area contributed by atoms with Crippen molar-refractivity contribution in [2.24, 2.45) is 0 Å². The maximum Gasteiger partial charge on any atom is 0.0702 e. The lowest BCUT2D eigenvalue weighted by molar-refractivity contribution is 0.282. The molecule has 0 unspecified atom stereocenters. The Hall–Kier alpha value is -1.02. The van der Waals surface area contributed by atoms with E-state index in [0.717, 1.165) is 17.8 Å². The summed E-state index contributed by atoms with van der Waals surface area (Å²) in [6.45, 7) is 5.05. The molecule has 0 radical (unpaired) electrons. The standard InChI is InChI=1S/C10H15NO/c1-3-11-10-5-4-8(2)6-9(10)7-12/h4-6,11-12H,3,7H2,1-2H3. The van der Waals surface area contributed by atoms with Gasteiger partial charge in [-0.05, 0) is 19.9 Å². The minimum Gasteiger partial charge on any atom is -0.392 e. The van der Waals surface area contributed by atoms with Crippen molar-refractivity contribution in [3.05, 3.63) is 29.3 Å². The summed E-state index contributed by atoms with van der Waals surface area (Å²) in [5.74, 6) is 0. The zero-order valence-electron chi connectivity index (χ0n) is 7.59. The van der Waals surface area contributed by atoms with E-state index in [2.05, 4.69) is 5.32 Å². The van der Waals surface area contributed by atoms with E-state index < -0.39 is 0 Å². The molecule has 2 N–H and O–H groups in total. The summed E-state index contributed by atoms with van der Waals surface area (Å²) in [4.78, 5) is 0. The van der Waals surface area contributed by atoms with Crippen LogP contribution in [0.1, 0.15) is 18.1 Å². The van der Waals surface area contributed by atoms with Gasteiger partial charge in [-0.1, -0.05) is 17.7 Å². The fourth-order valence-electron chi connectivity index (χ4n) is 1.22. The second-order valence-corrected chi connectivity index (χ2v) is 2.85. The lowest BCUT2D eigenvalue weighted by Gasteiger charge is -2.08. The first-order valence-electron chi connectivity index (χ1n) is 4.22. The largest absolute Gasteiger partial charge is 0.392 e. The zero-order valence-corrected chi connectivity index (χ0v) is 7.59. The number of rotatable bonds is 3. The van der Waals surface area contributed by atoms with Crippen molar-refractivity contribution >= 4 is 5.69 Å². The van der Waals surface area contributed by atoms with Crippen molar-refractivity contribution in [1.29, 1.82) is 0 Å². The highest BCUT2D eigenvalue weighted by Crippen LogP contribution is 2.16. The summed E-state index contributed by atoms with van der Waals surface area (Å²) in [7, 11) is 0. The summed E-state index contributed by atoms with van der Waals surface area (Å²) < 4.78 is 0.